The zero-order chi connectivity index (χ0) is 14.1. The summed E-state index contributed by atoms with van der Waals surface area (Å²) in [6.45, 7) is 10.5. The highest BCUT2D eigenvalue weighted by Crippen LogP contribution is 2.07. The fraction of sp³-hybridized carbons (Fsp3) is 0.643. The Morgan fingerprint density at radius 3 is 2.63 bits per heavy atom. The number of hydrogen-bond acceptors (Lipinski definition) is 3. The summed E-state index contributed by atoms with van der Waals surface area (Å²) in [4.78, 5) is 8.00. The van der Waals surface area contributed by atoms with Crippen molar-refractivity contribution in [3.05, 3.63) is 22.4 Å². The molecule has 108 valence electrons. The average Bonchev–Trinajstić information content (AvgIpc) is 2.93. The molecule has 5 heteroatoms. The van der Waals surface area contributed by atoms with E-state index < -0.39 is 0 Å². The van der Waals surface area contributed by atoms with Crippen molar-refractivity contribution in [2.24, 2.45) is 4.99 Å². The van der Waals surface area contributed by atoms with Gasteiger partial charge >= 0.3 is 0 Å². The van der Waals surface area contributed by atoms with E-state index in [-0.39, 0.29) is 0 Å². The van der Waals surface area contributed by atoms with E-state index >= 15 is 0 Å². The van der Waals surface area contributed by atoms with Crippen LogP contribution in [0.25, 0.3) is 0 Å². The highest BCUT2D eigenvalue weighted by atomic mass is 32.1. The molecule has 1 aromatic heterocycles. The first kappa shape index (κ1) is 16.0. The molecule has 1 aromatic rings. The lowest BCUT2D eigenvalue weighted by Gasteiger charge is -2.27. The van der Waals surface area contributed by atoms with Crippen molar-refractivity contribution in [3.8, 4) is 0 Å². The Hall–Kier alpha value is -1.07. The minimum absolute atomic E-state index is 0.510. The lowest BCUT2D eigenvalue weighted by Crippen LogP contribution is -2.45. The molecule has 0 saturated carbocycles. The Labute approximate surface area is 120 Å². The predicted molar refractivity (Wildman–Crippen MR) is 84.9 cm³/mol. The molecule has 1 unspecified atom stereocenters. The van der Waals surface area contributed by atoms with Gasteiger partial charge in [0.25, 0.3) is 0 Å². The first-order valence-electron chi connectivity index (χ1n) is 6.92. The smallest absolute Gasteiger partial charge is 0.191 e. The second-order valence-corrected chi connectivity index (χ2v) is 5.49. The zero-order valence-electron chi connectivity index (χ0n) is 12.4. The van der Waals surface area contributed by atoms with Gasteiger partial charge in [0.05, 0.1) is 6.54 Å². The SMILES string of the molecule is CCN(CC)C(C)CNC(=NC)NCc1cccs1. The number of thiophene rings is 1. The zero-order valence-corrected chi connectivity index (χ0v) is 13.3. The number of hydrogen-bond donors (Lipinski definition) is 2. The highest BCUT2D eigenvalue weighted by Gasteiger charge is 2.10. The topological polar surface area (TPSA) is 39.7 Å². The molecule has 0 saturated heterocycles. The number of rotatable bonds is 7. The van der Waals surface area contributed by atoms with E-state index in [1.54, 1.807) is 11.3 Å². The van der Waals surface area contributed by atoms with Gasteiger partial charge in [0.1, 0.15) is 0 Å². The lowest BCUT2D eigenvalue weighted by molar-refractivity contribution is 0.231. The van der Waals surface area contributed by atoms with Crippen molar-refractivity contribution in [2.45, 2.75) is 33.4 Å². The van der Waals surface area contributed by atoms with Gasteiger partial charge in [0, 0.05) is 24.5 Å². The van der Waals surface area contributed by atoms with E-state index in [4.69, 9.17) is 0 Å². The quantitative estimate of drug-likeness (QED) is 0.594. The van der Waals surface area contributed by atoms with Crippen LogP contribution in [0.5, 0.6) is 0 Å². The van der Waals surface area contributed by atoms with E-state index in [1.807, 2.05) is 7.05 Å². The Morgan fingerprint density at radius 1 is 1.37 bits per heavy atom. The van der Waals surface area contributed by atoms with Crippen LogP contribution in [0.3, 0.4) is 0 Å². The van der Waals surface area contributed by atoms with Crippen LogP contribution in [0.1, 0.15) is 25.6 Å². The van der Waals surface area contributed by atoms with Gasteiger partial charge in [0.2, 0.25) is 0 Å². The maximum atomic E-state index is 4.25. The fourth-order valence-corrected chi connectivity index (χ4v) is 2.67. The van der Waals surface area contributed by atoms with Crippen molar-refractivity contribution in [2.75, 3.05) is 26.7 Å². The maximum absolute atomic E-state index is 4.25. The average molecular weight is 282 g/mol. The first-order chi connectivity index (χ1) is 9.21. The molecule has 4 nitrogen and oxygen atoms in total. The molecule has 0 aromatic carbocycles. The molecule has 0 aliphatic carbocycles. The summed E-state index contributed by atoms with van der Waals surface area (Å²) in [7, 11) is 1.81. The van der Waals surface area contributed by atoms with Crippen LogP contribution >= 0.6 is 11.3 Å². The summed E-state index contributed by atoms with van der Waals surface area (Å²) >= 11 is 1.76. The van der Waals surface area contributed by atoms with Crippen LogP contribution in [-0.4, -0.2) is 43.6 Å². The van der Waals surface area contributed by atoms with E-state index in [1.165, 1.54) is 4.88 Å². The van der Waals surface area contributed by atoms with Gasteiger partial charge in [-0.15, -0.1) is 11.3 Å². The van der Waals surface area contributed by atoms with E-state index in [9.17, 15) is 0 Å². The highest BCUT2D eigenvalue weighted by molar-refractivity contribution is 7.09. The Morgan fingerprint density at radius 2 is 2.11 bits per heavy atom. The lowest BCUT2D eigenvalue weighted by atomic mass is 10.3. The third-order valence-corrected chi connectivity index (χ3v) is 4.11. The molecule has 0 fully saturated rings. The third kappa shape index (κ3) is 5.61. The molecule has 0 amide bonds. The van der Waals surface area contributed by atoms with Gasteiger partial charge < -0.3 is 10.6 Å². The van der Waals surface area contributed by atoms with Crippen molar-refractivity contribution < 1.29 is 0 Å². The molecular weight excluding hydrogens is 256 g/mol. The van der Waals surface area contributed by atoms with E-state index in [0.717, 1.165) is 32.1 Å². The van der Waals surface area contributed by atoms with Crippen molar-refractivity contribution in [1.82, 2.24) is 15.5 Å². The minimum atomic E-state index is 0.510. The van der Waals surface area contributed by atoms with Crippen LogP contribution in [0, 0.1) is 0 Å². The summed E-state index contributed by atoms with van der Waals surface area (Å²) < 4.78 is 0. The van der Waals surface area contributed by atoms with Crippen LogP contribution in [0.4, 0.5) is 0 Å². The van der Waals surface area contributed by atoms with Crippen LogP contribution in [-0.2, 0) is 6.54 Å². The molecule has 1 atom stereocenters. The molecule has 0 bridgehead atoms. The largest absolute Gasteiger partial charge is 0.355 e. The predicted octanol–water partition coefficient (Wildman–Crippen LogP) is 2.14. The maximum Gasteiger partial charge on any atom is 0.191 e. The number of nitrogens with zero attached hydrogens (tertiary/aromatic N) is 2. The molecule has 0 radical (unpaired) electrons. The number of likely N-dealkylation sites (N-methyl/N-ethyl adjacent to an activating group) is 1. The molecule has 19 heavy (non-hydrogen) atoms. The second-order valence-electron chi connectivity index (χ2n) is 4.46. The number of guanidine groups is 1. The van der Waals surface area contributed by atoms with E-state index in [0.29, 0.717) is 6.04 Å². The van der Waals surface area contributed by atoms with Gasteiger partial charge in [0.15, 0.2) is 5.96 Å². The van der Waals surface area contributed by atoms with Crippen LogP contribution in [0.2, 0.25) is 0 Å². The third-order valence-electron chi connectivity index (χ3n) is 3.23. The summed E-state index contributed by atoms with van der Waals surface area (Å²) in [5.41, 5.74) is 0. The second kappa shape index (κ2) is 8.93. The van der Waals surface area contributed by atoms with E-state index in [2.05, 4.69) is 58.8 Å². The molecule has 2 N–H and O–H groups in total. The molecule has 0 aliphatic rings. The standard InChI is InChI=1S/C14H26N4S/c1-5-18(6-2)12(3)10-16-14(15-4)17-11-13-8-7-9-19-13/h7-9,12H,5-6,10-11H2,1-4H3,(H2,15,16,17). The summed E-state index contributed by atoms with van der Waals surface area (Å²) in [6.07, 6.45) is 0. The Balaban J connectivity index is 2.32. The van der Waals surface area contributed by atoms with Crippen molar-refractivity contribution in [1.29, 1.82) is 0 Å². The Kier molecular flexibility index (Phi) is 7.52. The van der Waals surface area contributed by atoms with Gasteiger partial charge in [-0.25, -0.2) is 0 Å². The van der Waals surface area contributed by atoms with Gasteiger partial charge in [-0.1, -0.05) is 19.9 Å². The van der Waals surface area contributed by atoms with Crippen molar-refractivity contribution in [3.63, 3.8) is 0 Å². The summed E-state index contributed by atoms with van der Waals surface area (Å²) in [5, 5.41) is 8.81. The Bertz CT molecular complexity index is 358. The van der Waals surface area contributed by atoms with Gasteiger partial charge in [-0.3, -0.25) is 9.89 Å². The number of nitrogens with one attached hydrogen (secondary N) is 2. The number of aliphatic imine (C=N–C) groups is 1. The fourth-order valence-electron chi connectivity index (χ4n) is 2.03. The van der Waals surface area contributed by atoms with Crippen LogP contribution in [0.15, 0.2) is 22.5 Å². The van der Waals surface area contributed by atoms with Crippen LogP contribution < -0.4 is 10.6 Å². The van der Waals surface area contributed by atoms with Crippen molar-refractivity contribution >= 4 is 17.3 Å². The monoisotopic (exact) mass is 282 g/mol. The molecule has 1 heterocycles. The molecule has 0 spiro atoms. The molecule has 1 rings (SSSR count). The summed E-state index contributed by atoms with van der Waals surface area (Å²) in [5.74, 6) is 0.868. The normalized spacial score (nSPS) is 13.6. The first-order valence-corrected chi connectivity index (χ1v) is 7.80. The molecule has 0 aliphatic heterocycles. The van der Waals surface area contributed by atoms with Gasteiger partial charge in [-0.05, 0) is 31.5 Å². The minimum Gasteiger partial charge on any atom is -0.355 e. The molecular formula is C14H26N4S. The van der Waals surface area contributed by atoms with Gasteiger partial charge in [-0.2, -0.15) is 0 Å². The summed E-state index contributed by atoms with van der Waals surface area (Å²) in [6, 6.07) is 4.71.